The fourth-order valence-electron chi connectivity index (χ4n) is 1.88. The summed E-state index contributed by atoms with van der Waals surface area (Å²) in [5.74, 6) is -1.62. The maximum absolute atomic E-state index is 12.1. The van der Waals surface area contributed by atoms with Crippen molar-refractivity contribution >= 4 is 11.9 Å². The Morgan fingerprint density at radius 2 is 1.86 bits per heavy atom. The number of hydrogen-bond donors (Lipinski definition) is 2. The van der Waals surface area contributed by atoms with E-state index in [1.165, 1.54) is 0 Å². The van der Waals surface area contributed by atoms with Crippen LogP contribution in [0.3, 0.4) is 0 Å². The predicted molar refractivity (Wildman–Crippen MR) is 76.9 cm³/mol. The van der Waals surface area contributed by atoms with Crippen molar-refractivity contribution in [2.45, 2.75) is 25.9 Å². The lowest BCUT2D eigenvalue weighted by Crippen LogP contribution is -2.34. The highest BCUT2D eigenvalue weighted by Gasteiger charge is 2.23. The number of aliphatic carboxylic acids is 1. The van der Waals surface area contributed by atoms with Crippen molar-refractivity contribution in [3.8, 4) is 0 Å². The van der Waals surface area contributed by atoms with Gasteiger partial charge in [-0.1, -0.05) is 30.3 Å². The Balaban J connectivity index is 2.17. The molecule has 6 heteroatoms. The van der Waals surface area contributed by atoms with E-state index in [9.17, 15) is 14.7 Å². The number of carbonyl (C=O) groups is 2. The van der Waals surface area contributed by atoms with E-state index in [1.54, 1.807) is 47.3 Å². The van der Waals surface area contributed by atoms with Crippen molar-refractivity contribution < 1.29 is 14.7 Å². The van der Waals surface area contributed by atoms with E-state index in [-0.39, 0.29) is 11.7 Å². The Bertz CT molecular complexity index is 635. The van der Waals surface area contributed by atoms with Gasteiger partial charge in [-0.25, -0.2) is 4.79 Å². The third-order valence-electron chi connectivity index (χ3n) is 3.03. The van der Waals surface area contributed by atoms with Crippen LogP contribution in [0.15, 0.2) is 42.6 Å². The maximum atomic E-state index is 12.1. The highest BCUT2D eigenvalue weighted by molar-refractivity contribution is 5.95. The molecule has 0 aliphatic rings. The Morgan fingerprint density at radius 3 is 2.38 bits per heavy atom. The van der Waals surface area contributed by atoms with Crippen molar-refractivity contribution in [3.63, 3.8) is 0 Å². The number of carboxylic acids is 1. The molecule has 2 rings (SSSR count). The average Bonchev–Trinajstić information content (AvgIpc) is 2.95. The number of amides is 1. The van der Waals surface area contributed by atoms with Crippen LogP contribution in [0.4, 0.5) is 0 Å². The molecule has 0 saturated heterocycles. The van der Waals surface area contributed by atoms with Gasteiger partial charge in [-0.3, -0.25) is 9.48 Å². The fraction of sp³-hybridized carbons (Fsp3) is 0.267. The van der Waals surface area contributed by atoms with Crippen LogP contribution < -0.4 is 5.32 Å². The molecular formula is C15H17N3O3. The number of hydrogen-bond acceptors (Lipinski definition) is 3. The zero-order chi connectivity index (χ0) is 15.4. The Morgan fingerprint density at radius 1 is 1.19 bits per heavy atom. The summed E-state index contributed by atoms with van der Waals surface area (Å²) in [6.07, 6.45) is 1.69. The lowest BCUT2D eigenvalue weighted by Gasteiger charge is -2.14. The van der Waals surface area contributed by atoms with E-state index in [1.807, 2.05) is 13.8 Å². The van der Waals surface area contributed by atoms with Gasteiger partial charge in [0.25, 0.3) is 5.91 Å². The molecule has 21 heavy (non-hydrogen) atoms. The Hall–Kier alpha value is -2.63. The largest absolute Gasteiger partial charge is 0.479 e. The minimum absolute atomic E-state index is 0.135. The summed E-state index contributed by atoms with van der Waals surface area (Å²) in [5.41, 5.74) is 0.715. The Kier molecular flexibility index (Phi) is 4.37. The number of carboxylic acid groups (broad SMARTS) is 1. The third kappa shape index (κ3) is 3.47. The number of nitrogens with one attached hydrogen (secondary N) is 1. The first-order valence-corrected chi connectivity index (χ1v) is 6.63. The van der Waals surface area contributed by atoms with Crippen LogP contribution in [0.2, 0.25) is 0 Å². The van der Waals surface area contributed by atoms with Gasteiger partial charge in [0.1, 0.15) is 5.69 Å². The summed E-state index contributed by atoms with van der Waals surface area (Å²) in [6, 6.07) is 9.17. The molecule has 2 aromatic rings. The Labute approximate surface area is 122 Å². The highest BCUT2D eigenvalue weighted by atomic mass is 16.4. The molecule has 6 nitrogen and oxygen atoms in total. The molecule has 1 atom stereocenters. The standard InChI is InChI=1S/C15H17N3O3/c1-10(2)18-9-8-12(17-18)14(19)16-13(15(20)21)11-6-4-3-5-7-11/h3-10,13H,1-2H3,(H,16,19)(H,20,21)/t13-/m1/s1. The van der Waals surface area contributed by atoms with Gasteiger partial charge in [-0.15, -0.1) is 0 Å². The van der Waals surface area contributed by atoms with Crippen molar-refractivity contribution in [2.24, 2.45) is 0 Å². The normalized spacial score (nSPS) is 12.1. The number of nitrogens with zero attached hydrogens (tertiary/aromatic N) is 2. The van der Waals surface area contributed by atoms with Crippen LogP contribution in [0.5, 0.6) is 0 Å². The molecule has 0 saturated carbocycles. The van der Waals surface area contributed by atoms with Gasteiger partial charge in [-0.05, 0) is 25.5 Å². The minimum atomic E-state index is -1.11. The van der Waals surface area contributed by atoms with Crippen LogP contribution in [0.1, 0.15) is 42.0 Å². The van der Waals surface area contributed by atoms with Crippen molar-refractivity contribution in [2.75, 3.05) is 0 Å². The van der Waals surface area contributed by atoms with Crippen LogP contribution in [-0.2, 0) is 4.79 Å². The number of carbonyl (C=O) groups excluding carboxylic acids is 1. The lowest BCUT2D eigenvalue weighted by atomic mass is 10.1. The van der Waals surface area contributed by atoms with Gasteiger partial charge in [-0.2, -0.15) is 5.10 Å². The van der Waals surface area contributed by atoms with E-state index in [0.717, 1.165) is 0 Å². The van der Waals surface area contributed by atoms with Gasteiger partial charge in [0.2, 0.25) is 0 Å². The molecule has 0 aliphatic carbocycles. The van der Waals surface area contributed by atoms with Gasteiger partial charge >= 0.3 is 5.97 Å². The molecule has 1 aromatic heterocycles. The zero-order valence-corrected chi connectivity index (χ0v) is 11.9. The molecule has 110 valence electrons. The smallest absolute Gasteiger partial charge is 0.330 e. The van der Waals surface area contributed by atoms with Crippen LogP contribution >= 0.6 is 0 Å². The van der Waals surface area contributed by atoms with Crippen LogP contribution in [-0.4, -0.2) is 26.8 Å². The molecular weight excluding hydrogens is 270 g/mol. The molecule has 0 fully saturated rings. The minimum Gasteiger partial charge on any atom is -0.479 e. The molecule has 0 unspecified atom stereocenters. The van der Waals surface area contributed by atoms with Gasteiger partial charge in [0.15, 0.2) is 6.04 Å². The van der Waals surface area contributed by atoms with Gasteiger partial charge in [0.05, 0.1) is 0 Å². The highest BCUT2D eigenvalue weighted by Crippen LogP contribution is 2.14. The summed E-state index contributed by atoms with van der Waals surface area (Å²) in [5, 5.41) is 15.9. The number of rotatable bonds is 5. The first kappa shape index (κ1) is 14.8. The summed E-state index contributed by atoms with van der Waals surface area (Å²) >= 11 is 0. The maximum Gasteiger partial charge on any atom is 0.330 e. The summed E-state index contributed by atoms with van der Waals surface area (Å²) in [6.45, 7) is 3.89. The molecule has 0 spiro atoms. The molecule has 0 aliphatic heterocycles. The third-order valence-corrected chi connectivity index (χ3v) is 3.03. The second kappa shape index (κ2) is 6.21. The van der Waals surface area contributed by atoms with E-state index in [0.29, 0.717) is 5.56 Å². The molecule has 1 amide bonds. The molecule has 1 aromatic carbocycles. The lowest BCUT2D eigenvalue weighted by molar-refractivity contribution is -0.139. The summed E-state index contributed by atoms with van der Waals surface area (Å²) < 4.78 is 1.65. The van der Waals surface area contributed by atoms with Gasteiger partial charge < -0.3 is 10.4 Å². The van der Waals surface area contributed by atoms with E-state index < -0.39 is 17.9 Å². The molecule has 2 N–H and O–H groups in total. The first-order chi connectivity index (χ1) is 9.99. The molecule has 0 bridgehead atoms. The SMILES string of the molecule is CC(C)n1ccc(C(=O)N[C@@H](C(=O)O)c2ccccc2)n1. The van der Waals surface area contributed by atoms with Crippen molar-refractivity contribution in [3.05, 3.63) is 53.9 Å². The quantitative estimate of drug-likeness (QED) is 0.881. The van der Waals surface area contributed by atoms with Gasteiger partial charge in [0, 0.05) is 12.2 Å². The monoisotopic (exact) mass is 287 g/mol. The average molecular weight is 287 g/mol. The summed E-state index contributed by atoms with van der Waals surface area (Å²) in [7, 11) is 0. The van der Waals surface area contributed by atoms with Crippen LogP contribution in [0, 0.1) is 0 Å². The van der Waals surface area contributed by atoms with Crippen molar-refractivity contribution in [1.29, 1.82) is 0 Å². The first-order valence-electron chi connectivity index (χ1n) is 6.63. The van der Waals surface area contributed by atoms with Crippen LogP contribution in [0.25, 0.3) is 0 Å². The zero-order valence-electron chi connectivity index (χ0n) is 11.9. The molecule has 0 radical (unpaired) electrons. The number of benzene rings is 1. The van der Waals surface area contributed by atoms with E-state index in [2.05, 4.69) is 10.4 Å². The fourth-order valence-corrected chi connectivity index (χ4v) is 1.88. The molecule has 1 heterocycles. The number of aromatic nitrogens is 2. The van der Waals surface area contributed by atoms with E-state index in [4.69, 9.17) is 0 Å². The summed E-state index contributed by atoms with van der Waals surface area (Å²) in [4.78, 5) is 23.5. The topological polar surface area (TPSA) is 84.2 Å². The second-order valence-electron chi connectivity index (χ2n) is 4.93. The van der Waals surface area contributed by atoms with E-state index >= 15 is 0 Å². The predicted octanol–water partition coefficient (Wildman–Crippen LogP) is 2.02. The van der Waals surface area contributed by atoms with Crippen molar-refractivity contribution in [1.82, 2.24) is 15.1 Å². The second-order valence-corrected chi connectivity index (χ2v) is 4.93.